The minimum atomic E-state index is -0.186. The smallest absolute Gasteiger partial charge is 0.221 e. The van der Waals surface area contributed by atoms with Crippen LogP contribution in [-0.4, -0.2) is 31.0 Å². The van der Waals surface area contributed by atoms with Gasteiger partial charge in [0.25, 0.3) is 0 Å². The van der Waals surface area contributed by atoms with E-state index in [-0.39, 0.29) is 11.8 Å². The molecular formula is C18H22N2O2. The highest BCUT2D eigenvalue weighted by Gasteiger charge is 2.25. The summed E-state index contributed by atoms with van der Waals surface area (Å²) in [5, 5.41) is 2.42. The second-order valence-electron chi connectivity index (χ2n) is 5.94. The van der Waals surface area contributed by atoms with Crippen LogP contribution in [0.1, 0.15) is 18.4 Å². The van der Waals surface area contributed by atoms with Crippen LogP contribution in [0.2, 0.25) is 0 Å². The lowest BCUT2D eigenvalue weighted by Gasteiger charge is -2.31. The fraction of sp³-hybridized carbons (Fsp3) is 0.389. The predicted octanol–water partition coefficient (Wildman–Crippen LogP) is 2.55. The Morgan fingerprint density at radius 2 is 2.14 bits per heavy atom. The van der Waals surface area contributed by atoms with E-state index in [4.69, 9.17) is 10.5 Å². The monoisotopic (exact) mass is 298 g/mol. The number of carbonyl (C=O) groups excluding carboxylic acids is 1. The van der Waals surface area contributed by atoms with Crippen LogP contribution in [0.15, 0.2) is 36.4 Å². The van der Waals surface area contributed by atoms with Crippen molar-refractivity contribution in [2.45, 2.75) is 19.4 Å². The number of ether oxygens (including phenoxy) is 1. The number of nitrogens with zero attached hydrogens (tertiary/aromatic N) is 1. The lowest BCUT2D eigenvalue weighted by molar-refractivity contribution is -0.123. The number of primary amides is 1. The van der Waals surface area contributed by atoms with Crippen molar-refractivity contribution >= 4 is 16.7 Å². The molecule has 3 rings (SSSR count). The number of methoxy groups -OCH3 is 1. The van der Waals surface area contributed by atoms with Crippen molar-refractivity contribution in [2.75, 3.05) is 20.2 Å². The number of likely N-dealkylation sites (tertiary alicyclic amines) is 1. The van der Waals surface area contributed by atoms with Gasteiger partial charge in [-0.1, -0.05) is 30.3 Å². The quantitative estimate of drug-likeness (QED) is 0.943. The molecule has 116 valence electrons. The molecule has 1 aliphatic heterocycles. The van der Waals surface area contributed by atoms with Crippen LogP contribution in [0.25, 0.3) is 10.8 Å². The summed E-state index contributed by atoms with van der Waals surface area (Å²) in [5.41, 5.74) is 6.66. The van der Waals surface area contributed by atoms with Crippen molar-refractivity contribution in [3.05, 3.63) is 42.0 Å². The molecule has 1 fully saturated rings. The molecule has 1 amide bonds. The SMILES string of the molecule is COc1ccc2ccccc2c1CN1CCCC(C(N)=O)C1. The van der Waals surface area contributed by atoms with Gasteiger partial charge >= 0.3 is 0 Å². The molecule has 22 heavy (non-hydrogen) atoms. The van der Waals surface area contributed by atoms with Crippen molar-refractivity contribution in [1.29, 1.82) is 0 Å². The van der Waals surface area contributed by atoms with E-state index in [1.165, 1.54) is 16.3 Å². The molecule has 0 spiro atoms. The van der Waals surface area contributed by atoms with Crippen molar-refractivity contribution in [3.8, 4) is 5.75 Å². The standard InChI is InChI=1S/C18H22N2O2/c1-22-17-9-8-13-5-2-3-7-15(13)16(17)12-20-10-4-6-14(11-20)18(19)21/h2-3,5,7-9,14H,4,6,10-12H2,1H3,(H2,19,21). The Hall–Kier alpha value is -2.07. The normalized spacial score (nSPS) is 19.2. The number of hydrogen-bond acceptors (Lipinski definition) is 3. The average molecular weight is 298 g/mol. The fourth-order valence-electron chi connectivity index (χ4n) is 3.33. The topological polar surface area (TPSA) is 55.6 Å². The van der Waals surface area contributed by atoms with Gasteiger partial charge in [0.2, 0.25) is 5.91 Å². The molecule has 2 aromatic rings. The predicted molar refractivity (Wildman–Crippen MR) is 87.7 cm³/mol. The van der Waals surface area contributed by atoms with E-state index in [2.05, 4.69) is 23.1 Å². The van der Waals surface area contributed by atoms with Gasteiger partial charge < -0.3 is 10.5 Å². The summed E-state index contributed by atoms with van der Waals surface area (Å²) < 4.78 is 5.55. The molecular weight excluding hydrogens is 276 g/mol. The van der Waals surface area contributed by atoms with Gasteiger partial charge in [0, 0.05) is 18.7 Å². The third-order valence-electron chi connectivity index (χ3n) is 4.51. The second kappa shape index (κ2) is 6.36. The van der Waals surface area contributed by atoms with Gasteiger partial charge in [-0.3, -0.25) is 9.69 Å². The molecule has 1 saturated heterocycles. The number of piperidine rings is 1. The lowest BCUT2D eigenvalue weighted by atomic mass is 9.96. The maximum absolute atomic E-state index is 11.5. The second-order valence-corrected chi connectivity index (χ2v) is 5.94. The number of amides is 1. The molecule has 4 nitrogen and oxygen atoms in total. The van der Waals surface area contributed by atoms with E-state index in [0.717, 1.165) is 38.2 Å². The Morgan fingerprint density at radius 3 is 2.91 bits per heavy atom. The molecule has 0 aliphatic carbocycles. The number of hydrogen-bond donors (Lipinski definition) is 1. The molecule has 1 heterocycles. The van der Waals surface area contributed by atoms with E-state index in [1.54, 1.807) is 7.11 Å². The number of nitrogens with two attached hydrogens (primary N) is 1. The van der Waals surface area contributed by atoms with Crippen molar-refractivity contribution in [2.24, 2.45) is 11.7 Å². The van der Waals surface area contributed by atoms with Crippen LogP contribution in [0.3, 0.4) is 0 Å². The van der Waals surface area contributed by atoms with Gasteiger partial charge in [-0.05, 0) is 36.2 Å². The Morgan fingerprint density at radius 1 is 1.32 bits per heavy atom. The van der Waals surface area contributed by atoms with E-state index >= 15 is 0 Å². The summed E-state index contributed by atoms with van der Waals surface area (Å²) in [6.45, 7) is 2.52. The van der Waals surface area contributed by atoms with E-state index in [1.807, 2.05) is 18.2 Å². The Bertz CT molecular complexity index is 684. The highest BCUT2D eigenvalue weighted by atomic mass is 16.5. The van der Waals surface area contributed by atoms with E-state index in [0.29, 0.717) is 0 Å². The van der Waals surface area contributed by atoms with Crippen molar-refractivity contribution < 1.29 is 9.53 Å². The van der Waals surface area contributed by atoms with Gasteiger partial charge in [0.15, 0.2) is 0 Å². The zero-order chi connectivity index (χ0) is 15.5. The van der Waals surface area contributed by atoms with Crippen LogP contribution in [0.4, 0.5) is 0 Å². The molecule has 0 saturated carbocycles. The molecule has 0 bridgehead atoms. The summed E-state index contributed by atoms with van der Waals surface area (Å²) in [7, 11) is 1.70. The summed E-state index contributed by atoms with van der Waals surface area (Å²) in [5.74, 6) is 0.684. The molecule has 1 unspecified atom stereocenters. The highest BCUT2D eigenvalue weighted by molar-refractivity contribution is 5.87. The maximum Gasteiger partial charge on any atom is 0.221 e. The fourth-order valence-corrected chi connectivity index (χ4v) is 3.33. The highest BCUT2D eigenvalue weighted by Crippen LogP contribution is 2.30. The zero-order valence-electron chi connectivity index (χ0n) is 12.9. The molecule has 2 N–H and O–H groups in total. The van der Waals surface area contributed by atoms with Crippen LogP contribution >= 0.6 is 0 Å². The number of fused-ring (bicyclic) bond motifs is 1. The van der Waals surface area contributed by atoms with Gasteiger partial charge in [-0.25, -0.2) is 0 Å². The van der Waals surface area contributed by atoms with E-state index in [9.17, 15) is 4.79 Å². The largest absolute Gasteiger partial charge is 0.496 e. The summed E-state index contributed by atoms with van der Waals surface area (Å²) in [6, 6.07) is 12.4. The first-order chi connectivity index (χ1) is 10.7. The number of carbonyl (C=O) groups is 1. The lowest BCUT2D eigenvalue weighted by Crippen LogP contribution is -2.40. The maximum atomic E-state index is 11.5. The first-order valence-corrected chi connectivity index (χ1v) is 7.75. The summed E-state index contributed by atoms with van der Waals surface area (Å²) in [4.78, 5) is 13.8. The minimum Gasteiger partial charge on any atom is -0.496 e. The Labute approximate surface area is 130 Å². The van der Waals surface area contributed by atoms with Gasteiger partial charge in [0.1, 0.15) is 5.75 Å². The molecule has 0 aromatic heterocycles. The Kier molecular flexibility index (Phi) is 4.29. The van der Waals surface area contributed by atoms with Crippen LogP contribution in [0, 0.1) is 5.92 Å². The molecule has 1 aliphatic rings. The van der Waals surface area contributed by atoms with Crippen molar-refractivity contribution in [3.63, 3.8) is 0 Å². The molecule has 1 atom stereocenters. The van der Waals surface area contributed by atoms with Crippen LogP contribution in [0.5, 0.6) is 5.75 Å². The minimum absolute atomic E-state index is 0.0327. The number of rotatable bonds is 4. The van der Waals surface area contributed by atoms with Crippen LogP contribution in [-0.2, 0) is 11.3 Å². The average Bonchev–Trinajstić information content (AvgIpc) is 2.55. The summed E-state index contributed by atoms with van der Waals surface area (Å²) in [6.07, 6.45) is 1.92. The Balaban J connectivity index is 1.90. The molecule has 0 radical (unpaired) electrons. The van der Waals surface area contributed by atoms with E-state index < -0.39 is 0 Å². The first kappa shape index (κ1) is 14.9. The zero-order valence-corrected chi connectivity index (χ0v) is 12.9. The van der Waals surface area contributed by atoms with Gasteiger partial charge in [-0.15, -0.1) is 0 Å². The van der Waals surface area contributed by atoms with Gasteiger partial charge in [-0.2, -0.15) is 0 Å². The van der Waals surface area contributed by atoms with Crippen LogP contribution < -0.4 is 10.5 Å². The first-order valence-electron chi connectivity index (χ1n) is 7.75. The summed E-state index contributed by atoms with van der Waals surface area (Å²) >= 11 is 0. The number of benzene rings is 2. The third kappa shape index (κ3) is 2.92. The molecule has 4 heteroatoms. The molecule has 2 aromatic carbocycles. The van der Waals surface area contributed by atoms with Crippen molar-refractivity contribution in [1.82, 2.24) is 4.90 Å². The third-order valence-corrected chi connectivity index (χ3v) is 4.51. The van der Waals surface area contributed by atoms with Gasteiger partial charge in [0.05, 0.1) is 13.0 Å².